The fourth-order valence-corrected chi connectivity index (χ4v) is 2.81. The minimum atomic E-state index is -0.0521. The minimum absolute atomic E-state index is 0.0264. The first-order valence-corrected chi connectivity index (χ1v) is 6.65. The van der Waals surface area contributed by atoms with Gasteiger partial charge < -0.3 is 15.2 Å². The molecule has 0 amide bonds. The van der Waals surface area contributed by atoms with E-state index < -0.39 is 0 Å². The quantitative estimate of drug-likeness (QED) is 0.829. The maximum atomic E-state index is 5.95. The van der Waals surface area contributed by atoms with E-state index in [9.17, 15) is 0 Å². The Morgan fingerprint density at radius 1 is 1.15 bits per heavy atom. The third-order valence-electron chi connectivity index (χ3n) is 3.84. The molecule has 2 aromatic heterocycles. The maximum absolute atomic E-state index is 5.95. The van der Waals surface area contributed by atoms with Gasteiger partial charge in [0, 0.05) is 6.20 Å². The van der Waals surface area contributed by atoms with Crippen molar-refractivity contribution in [3.8, 4) is 11.4 Å². The molecule has 2 aliphatic rings. The lowest BCUT2D eigenvalue weighted by Crippen LogP contribution is -2.36. The third-order valence-corrected chi connectivity index (χ3v) is 3.84. The maximum Gasteiger partial charge on any atom is 0.131 e. The van der Waals surface area contributed by atoms with Gasteiger partial charge in [0.15, 0.2) is 0 Å². The molecular formula is C13H15N5O2. The van der Waals surface area contributed by atoms with Crippen LogP contribution in [0.2, 0.25) is 0 Å². The van der Waals surface area contributed by atoms with E-state index in [4.69, 9.17) is 15.2 Å². The molecule has 0 bridgehead atoms. The van der Waals surface area contributed by atoms with Gasteiger partial charge in [-0.05, 0) is 12.1 Å². The van der Waals surface area contributed by atoms with Crippen LogP contribution in [0.4, 0.5) is 0 Å². The lowest BCUT2D eigenvalue weighted by molar-refractivity contribution is 0.0627. The van der Waals surface area contributed by atoms with E-state index in [1.54, 1.807) is 10.9 Å². The van der Waals surface area contributed by atoms with E-state index in [2.05, 4.69) is 15.3 Å². The summed E-state index contributed by atoms with van der Waals surface area (Å²) in [5.74, 6) is 0. The summed E-state index contributed by atoms with van der Waals surface area (Å²) in [4.78, 5) is 4.27. The molecule has 0 aromatic carbocycles. The first kappa shape index (κ1) is 12.0. The number of nitrogens with zero attached hydrogens (tertiary/aromatic N) is 4. The Morgan fingerprint density at radius 2 is 2.05 bits per heavy atom. The first-order valence-electron chi connectivity index (χ1n) is 6.65. The Morgan fingerprint density at radius 3 is 2.90 bits per heavy atom. The molecule has 0 spiro atoms. The molecule has 104 valence electrons. The number of aromatic nitrogens is 4. The number of ether oxygens (including phenoxy) is 2. The molecule has 2 aromatic rings. The molecule has 2 N–H and O–H groups in total. The van der Waals surface area contributed by atoms with Gasteiger partial charge >= 0.3 is 0 Å². The SMILES string of the molecule is N[C@H]1CO[C@H]2[C@@H]1OC[C@@H]2n1cc(-c2ccccn2)nn1. The summed E-state index contributed by atoms with van der Waals surface area (Å²) >= 11 is 0. The van der Waals surface area contributed by atoms with Crippen molar-refractivity contribution in [1.82, 2.24) is 20.0 Å². The predicted molar refractivity (Wildman–Crippen MR) is 69.7 cm³/mol. The van der Waals surface area contributed by atoms with E-state index in [0.717, 1.165) is 11.4 Å². The van der Waals surface area contributed by atoms with Crippen LogP contribution in [-0.2, 0) is 9.47 Å². The van der Waals surface area contributed by atoms with Crippen molar-refractivity contribution in [1.29, 1.82) is 0 Å². The molecule has 20 heavy (non-hydrogen) atoms. The van der Waals surface area contributed by atoms with Crippen molar-refractivity contribution in [2.75, 3.05) is 13.2 Å². The summed E-state index contributed by atoms with van der Waals surface area (Å²) in [5, 5.41) is 8.36. The summed E-state index contributed by atoms with van der Waals surface area (Å²) < 4.78 is 13.2. The third kappa shape index (κ3) is 1.82. The van der Waals surface area contributed by atoms with Gasteiger partial charge in [0.2, 0.25) is 0 Å². The Bertz CT molecular complexity index is 602. The van der Waals surface area contributed by atoms with E-state index in [1.165, 1.54) is 0 Å². The molecular weight excluding hydrogens is 258 g/mol. The zero-order valence-corrected chi connectivity index (χ0v) is 10.8. The molecule has 0 radical (unpaired) electrons. The number of nitrogens with two attached hydrogens (primary N) is 1. The van der Waals surface area contributed by atoms with Crippen LogP contribution in [0.3, 0.4) is 0 Å². The molecule has 4 heterocycles. The molecule has 4 rings (SSSR count). The number of hydrogen-bond donors (Lipinski definition) is 1. The fraction of sp³-hybridized carbons (Fsp3) is 0.462. The Labute approximate surface area is 115 Å². The Balaban J connectivity index is 1.60. The van der Waals surface area contributed by atoms with E-state index in [0.29, 0.717) is 13.2 Å². The van der Waals surface area contributed by atoms with Crippen molar-refractivity contribution >= 4 is 0 Å². The molecule has 0 saturated carbocycles. The van der Waals surface area contributed by atoms with Crippen molar-refractivity contribution in [3.63, 3.8) is 0 Å². The average Bonchev–Trinajstić information content (AvgIpc) is 3.18. The van der Waals surface area contributed by atoms with Crippen LogP contribution in [0.5, 0.6) is 0 Å². The summed E-state index contributed by atoms with van der Waals surface area (Å²) in [7, 11) is 0. The molecule has 4 atom stereocenters. The largest absolute Gasteiger partial charge is 0.371 e. The summed E-state index contributed by atoms with van der Waals surface area (Å²) in [5.41, 5.74) is 7.50. The van der Waals surface area contributed by atoms with E-state index in [1.807, 2.05) is 24.4 Å². The molecule has 2 aliphatic heterocycles. The van der Waals surface area contributed by atoms with E-state index in [-0.39, 0.29) is 24.3 Å². The topological polar surface area (TPSA) is 88.1 Å². The highest BCUT2D eigenvalue weighted by molar-refractivity contribution is 5.51. The van der Waals surface area contributed by atoms with Gasteiger partial charge in [0.05, 0.1) is 31.1 Å². The Hall–Kier alpha value is -1.83. The molecule has 0 unspecified atom stereocenters. The summed E-state index contributed by atoms with van der Waals surface area (Å²) in [6, 6.07) is 5.68. The van der Waals surface area contributed by atoms with Crippen LogP contribution in [0.1, 0.15) is 6.04 Å². The zero-order chi connectivity index (χ0) is 13.5. The van der Waals surface area contributed by atoms with Gasteiger partial charge in [0.1, 0.15) is 23.9 Å². The second-order valence-electron chi connectivity index (χ2n) is 5.13. The van der Waals surface area contributed by atoms with Gasteiger partial charge in [0.25, 0.3) is 0 Å². The van der Waals surface area contributed by atoms with Crippen molar-refractivity contribution in [2.45, 2.75) is 24.3 Å². The highest BCUT2D eigenvalue weighted by atomic mass is 16.6. The predicted octanol–water partition coefficient (Wildman–Crippen LogP) is 0.00610. The van der Waals surface area contributed by atoms with Crippen LogP contribution < -0.4 is 5.73 Å². The van der Waals surface area contributed by atoms with E-state index >= 15 is 0 Å². The summed E-state index contributed by atoms with van der Waals surface area (Å²) in [6.45, 7) is 1.09. The molecule has 2 fully saturated rings. The Kier molecular flexibility index (Phi) is 2.76. The molecule has 0 aliphatic carbocycles. The number of rotatable bonds is 2. The minimum Gasteiger partial charge on any atom is -0.371 e. The number of pyridine rings is 1. The highest BCUT2D eigenvalue weighted by Gasteiger charge is 2.47. The summed E-state index contributed by atoms with van der Waals surface area (Å²) in [6.07, 6.45) is 3.54. The van der Waals surface area contributed by atoms with Crippen molar-refractivity contribution in [3.05, 3.63) is 30.6 Å². The van der Waals surface area contributed by atoms with Gasteiger partial charge in [-0.1, -0.05) is 11.3 Å². The normalized spacial score (nSPS) is 32.5. The number of hydrogen-bond acceptors (Lipinski definition) is 6. The van der Waals surface area contributed by atoms with Gasteiger partial charge in [-0.25, -0.2) is 4.68 Å². The van der Waals surface area contributed by atoms with Crippen LogP contribution in [0.25, 0.3) is 11.4 Å². The van der Waals surface area contributed by atoms with Gasteiger partial charge in [-0.2, -0.15) is 0 Å². The van der Waals surface area contributed by atoms with Crippen LogP contribution in [0, 0.1) is 0 Å². The average molecular weight is 273 g/mol. The fourth-order valence-electron chi connectivity index (χ4n) is 2.81. The number of fused-ring (bicyclic) bond motifs is 1. The smallest absolute Gasteiger partial charge is 0.131 e. The zero-order valence-electron chi connectivity index (χ0n) is 10.8. The van der Waals surface area contributed by atoms with Crippen LogP contribution in [0.15, 0.2) is 30.6 Å². The van der Waals surface area contributed by atoms with Crippen LogP contribution in [-0.4, -0.2) is 51.4 Å². The van der Waals surface area contributed by atoms with Crippen LogP contribution >= 0.6 is 0 Å². The van der Waals surface area contributed by atoms with Gasteiger partial charge in [-0.3, -0.25) is 4.98 Å². The lowest BCUT2D eigenvalue weighted by atomic mass is 10.1. The second kappa shape index (κ2) is 4.62. The molecule has 7 nitrogen and oxygen atoms in total. The molecule has 2 saturated heterocycles. The highest BCUT2D eigenvalue weighted by Crippen LogP contribution is 2.33. The van der Waals surface area contributed by atoms with Gasteiger partial charge in [-0.15, -0.1) is 5.10 Å². The van der Waals surface area contributed by atoms with Crippen molar-refractivity contribution in [2.24, 2.45) is 5.73 Å². The molecule has 7 heteroatoms. The lowest BCUT2D eigenvalue weighted by Gasteiger charge is -2.15. The first-order chi connectivity index (χ1) is 9.83. The standard InChI is InChI=1S/C13H15N5O2/c14-8-6-19-13-11(7-20-12(8)13)18-5-10(16-17-18)9-3-1-2-4-15-9/h1-5,8,11-13H,6-7,14H2/t8-,11-,12+,13+/m0/s1. The van der Waals surface area contributed by atoms with Crippen molar-refractivity contribution < 1.29 is 9.47 Å². The second-order valence-corrected chi connectivity index (χ2v) is 5.13. The monoisotopic (exact) mass is 273 g/mol.